The SMILES string of the molecule is CCNc1ccc(S(=O)(=O)N2CCSCC2)cn1. The van der Waals surface area contributed by atoms with Crippen LogP contribution in [0.3, 0.4) is 0 Å². The highest BCUT2D eigenvalue weighted by atomic mass is 32.2. The summed E-state index contributed by atoms with van der Waals surface area (Å²) in [5.41, 5.74) is 0. The molecule has 1 aliphatic heterocycles. The summed E-state index contributed by atoms with van der Waals surface area (Å²) < 4.78 is 26.2. The smallest absolute Gasteiger partial charge is 0.244 e. The summed E-state index contributed by atoms with van der Waals surface area (Å²) >= 11 is 1.79. The first-order valence-electron chi connectivity index (χ1n) is 5.92. The van der Waals surface area contributed by atoms with Crippen molar-refractivity contribution in [3.8, 4) is 0 Å². The highest BCUT2D eigenvalue weighted by Crippen LogP contribution is 2.20. The maximum atomic E-state index is 12.3. The van der Waals surface area contributed by atoms with Crippen LogP contribution >= 0.6 is 11.8 Å². The maximum Gasteiger partial charge on any atom is 0.244 e. The minimum Gasteiger partial charge on any atom is -0.370 e. The van der Waals surface area contributed by atoms with Crippen molar-refractivity contribution in [3.63, 3.8) is 0 Å². The zero-order chi connectivity index (χ0) is 13.0. The van der Waals surface area contributed by atoms with Crippen molar-refractivity contribution in [1.29, 1.82) is 0 Å². The van der Waals surface area contributed by atoms with Crippen molar-refractivity contribution in [2.75, 3.05) is 36.5 Å². The van der Waals surface area contributed by atoms with Crippen LogP contribution in [0.2, 0.25) is 0 Å². The number of anilines is 1. The number of aromatic nitrogens is 1. The number of hydrogen-bond donors (Lipinski definition) is 1. The first-order valence-corrected chi connectivity index (χ1v) is 8.52. The molecule has 0 radical (unpaired) electrons. The molecular formula is C11H17N3O2S2. The Balaban J connectivity index is 2.18. The summed E-state index contributed by atoms with van der Waals surface area (Å²) in [6.45, 7) is 3.91. The van der Waals surface area contributed by atoms with Crippen molar-refractivity contribution >= 4 is 27.6 Å². The molecule has 2 heterocycles. The number of nitrogens with one attached hydrogen (secondary N) is 1. The normalized spacial score (nSPS) is 17.6. The van der Waals surface area contributed by atoms with E-state index in [1.807, 2.05) is 6.92 Å². The third-order valence-electron chi connectivity index (χ3n) is 2.70. The molecule has 0 saturated carbocycles. The number of sulfonamides is 1. The summed E-state index contributed by atoms with van der Waals surface area (Å²) in [5.74, 6) is 2.43. The van der Waals surface area contributed by atoms with Crippen LogP contribution in [0.15, 0.2) is 23.2 Å². The fourth-order valence-electron chi connectivity index (χ4n) is 1.75. The lowest BCUT2D eigenvalue weighted by Crippen LogP contribution is -2.37. The van der Waals surface area contributed by atoms with Gasteiger partial charge in [-0.2, -0.15) is 16.1 Å². The van der Waals surface area contributed by atoms with Crippen LogP contribution in [0.25, 0.3) is 0 Å². The quantitative estimate of drug-likeness (QED) is 0.903. The van der Waals surface area contributed by atoms with E-state index in [1.165, 1.54) is 10.5 Å². The Kier molecular flexibility index (Phi) is 4.47. The van der Waals surface area contributed by atoms with Gasteiger partial charge in [-0.3, -0.25) is 0 Å². The van der Waals surface area contributed by atoms with Gasteiger partial charge in [0.2, 0.25) is 10.0 Å². The largest absolute Gasteiger partial charge is 0.370 e. The Morgan fingerprint density at radius 3 is 2.67 bits per heavy atom. The van der Waals surface area contributed by atoms with Gasteiger partial charge in [-0.1, -0.05) is 0 Å². The second-order valence-electron chi connectivity index (χ2n) is 3.93. The van der Waals surface area contributed by atoms with Gasteiger partial charge in [-0.25, -0.2) is 13.4 Å². The summed E-state index contributed by atoms with van der Waals surface area (Å²) in [5, 5.41) is 3.04. The maximum absolute atomic E-state index is 12.3. The minimum atomic E-state index is -3.36. The molecule has 0 aliphatic carbocycles. The van der Waals surface area contributed by atoms with Gasteiger partial charge in [0.25, 0.3) is 0 Å². The van der Waals surface area contributed by atoms with Crippen LogP contribution in [0.5, 0.6) is 0 Å². The van der Waals surface area contributed by atoms with Gasteiger partial charge >= 0.3 is 0 Å². The molecule has 1 aromatic rings. The molecule has 1 N–H and O–H groups in total. The molecule has 0 spiro atoms. The number of rotatable bonds is 4. The lowest BCUT2D eigenvalue weighted by Gasteiger charge is -2.25. The van der Waals surface area contributed by atoms with Crippen molar-refractivity contribution in [2.45, 2.75) is 11.8 Å². The fraction of sp³-hybridized carbons (Fsp3) is 0.545. The molecule has 18 heavy (non-hydrogen) atoms. The molecule has 5 nitrogen and oxygen atoms in total. The van der Waals surface area contributed by atoms with Gasteiger partial charge in [0.05, 0.1) is 0 Å². The third-order valence-corrected chi connectivity index (χ3v) is 5.53. The highest BCUT2D eigenvalue weighted by Gasteiger charge is 2.26. The monoisotopic (exact) mass is 287 g/mol. The Bertz CT molecular complexity index is 482. The van der Waals surface area contributed by atoms with Gasteiger partial charge in [-0.05, 0) is 19.1 Å². The lowest BCUT2D eigenvalue weighted by atomic mass is 10.4. The first kappa shape index (κ1) is 13.6. The standard InChI is InChI=1S/C11H17N3O2S2/c1-2-12-11-4-3-10(9-13-11)18(15,16)14-5-7-17-8-6-14/h3-4,9H,2,5-8H2,1H3,(H,12,13). The molecule has 1 aliphatic rings. The van der Waals surface area contributed by atoms with Crippen LogP contribution in [-0.2, 0) is 10.0 Å². The van der Waals surface area contributed by atoms with Gasteiger partial charge in [-0.15, -0.1) is 0 Å². The average Bonchev–Trinajstić information content (AvgIpc) is 2.41. The van der Waals surface area contributed by atoms with Crippen LogP contribution < -0.4 is 5.32 Å². The topological polar surface area (TPSA) is 62.3 Å². The van der Waals surface area contributed by atoms with Gasteiger partial charge < -0.3 is 5.32 Å². The molecule has 0 amide bonds. The van der Waals surface area contributed by atoms with E-state index < -0.39 is 10.0 Å². The number of nitrogens with zero attached hydrogens (tertiary/aromatic N) is 2. The highest BCUT2D eigenvalue weighted by molar-refractivity contribution is 7.99. The third kappa shape index (κ3) is 2.96. The molecule has 1 fully saturated rings. The number of hydrogen-bond acceptors (Lipinski definition) is 5. The van der Waals surface area contributed by atoms with Gasteiger partial charge in [0.15, 0.2) is 0 Å². The van der Waals surface area contributed by atoms with E-state index in [2.05, 4.69) is 10.3 Å². The molecule has 0 bridgehead atoms. The zero-order valence-electron chi connectivity index (χ0n) is 10.3. The predicted octanol–water partition coefficient (Wildman–Crippen LogP) is 1.25. The van der Waals surface area contributed by atoms with Gasteiger partial charge in [0.1, 0.15) is 10.7 Å². The molecule has 0 unspecified atom stereocenters. The molecule has 1 saturated heterocycles. The van der Waals surface area contributed by atoms with Crippen LogP contribution in [-0.4, -0.2) is 48.8 Å². The average molecular weight is 287 g/mol. The number of pyridine rings is 1. The van der Waals surface area contributed by atoms with E-state index in [-0.39, 0.29) is 4.90 Å². The zero-order valence-corrected chi connectivity index (χ0v) is 11.9. The molecule has 0 aromatic carbocycles. The molecular weight excluding hydrogens is 270 g/mol. The Morgan fingerprint density at radius 1 is 1.39 bits per heavy atom. The van der Waals surface area contributed by atoms with E-state index in [9.17, 15) is 8.42 Å². The summed E-state index contributed by atoms with van der Waals surface area (Å²) in [7, 11) is -3.36. The van der Waals surface area contributed by atoms with E-state index in [1.54, 1.807) is 23.9 Å². The van der Waals surface area contributed by atoms with E-state index >= 15 is 0 Å². The first-order chi connectivity index (χ1) is 8.64. The number of thioether (sulfide) groups is 1. The van der Waals surface area contributed by atoms with Crippen molar-refractivity contribution in [3.05, 3.63) is 18.3 Å². The molecule has 2 rings (SSSR count). The summed E-state index contributed by atoms with van der Waals surface area (Å²) in [6.07, 6.45) is 1.43. The second-order valence-corrected chi connectivity index (χ2v) is 7.09. The van der Waals surface area contributed by atoms with Crippen LogP contribution in [0.4, 0.5) is 5.82 Å². The van der Waals surface area contributed by atoms with Crippen molar-refractivity contribution in [1.82, 2.24) is 9.29 Å². The van der Waals surface area contributed by atoms with Crippen LogP contribution in [0, 0.1) is 0 Å². The molecule has 7 heteroatoms. The lowest BCUT2D eigenvalue weighted by molar-refractivity contribution is 0.443. The Hall–Kier alpha value is -0.790. The van der Waals surface area contributed by atoms with E-state index in [4.69, 9.17) is 0 Å². The summed E-state index contributed by atoms with van der Waals surface area (Å²) in [4.78, 5) is 4.38. The summed E-state index contributed by atoms with van der Waals surface area (Å²) in [6, 6.07) is 3.32. The minimum absolute atomic E-state index is 0.274. The molecule has 0 atom stereocenters. The van der Waals surface area contributed by atoms with Gasteiger partial charge in [0, 0.05) is 37.3 Å². The Morgan fingerprint density at radius 2 is 2.11 bits per heavy atom. The predicted molar refractivity (Wildman–Crippen MR) is 74.5 cm³/mol. The van der Waals surface area contributed by atoms with Crippen molar-refractivity contribution in [2.24, 2.45) is 0 Å². The molecule has 1 aromatic heterocycles. The van der Waals surface area contributed by atoms with Crippen LogP contribution in [0.1, 0.15) is 6.92 Å². The Labute approximate surface area is 112 Å². The molecule has 100 valence electrons. The second kappa shape index (κ2) is 5.90. The fourth-order valence-corrected chi connectivity index (χ4v) is 4.28. The van der Waals surface area contributed by atoms with Crippen molar-refractivity contribution < 1.29 is 8.42 Å². The van der Waals surface area contributed by atoms with E-state index in [0.717, 1.165) is 18.1 Å². The van der Waals surface area contributed by atoms with E-state index in [0.29, 0.717) is 18.9 Å².